The molecule has 2 amide bonds. The zero-order valence-corrected chi connectivity index (χ0v) is 16.2. The average Bonchev–Trinajstić information content (AvgIpc) is 2.70. The Bertz CT molecular complexity index is 994. The van der Waals surface area contributed by atoms with Crippen molar-refractivity contribution < 1.29 is 9.59 Å². The van der Waals surface area contributed by atoms with Crippen molar-refractivity contribution in [3.8, 4) is 0 Å². The van der Waals surface area contributed by atoms with E-state index in [4.69, 9.17) is 23.2 Å². The summed E-state index contributed by atoms with van der Waals surface area (Å²) in [5.74, 6) is -0.478. The zero-order valence-electron chi connectivity index (χ0n) is 14.7. The van der Waals surface area contributed by atoms with Crippen LogP contribution in [-0.4, -0.2) is 18.4 Å². The number of hydrogen-bond donors (Lipinski definition) is 3. The van der Waals surface area contributed by atoms with Crippen molar-refractivity contribution in [2.75, 3.05) is 22.5 Å². The molecule has 142 valence electrons. The quantitative estimate of drug-likeness (QED) is 0.513. The third-order valence-electron chi connectivity index (χ3n) is 3.81. The van der Waals surface area contributed by atoms with Crippen LogP contribution in [0.4, 0.5) is 17.1 Å². The summed E-state index contributed by atoms with van der Waals surface area (Å²) in [6, 6.07) is 20.9. The molecule has 0 saturated carbocycles. The minimum atomic E-state index is -0.275. The number of amides is 2. The van der Waals surface area contributed by atoms with Gasteiger partial charge in [-0.25, -0.2) is 0 Å². The SMILES string of the molecule is O=C(CNc1cccc(NC(=O)c2ccccc2)c1)Nc1cc(Cl)ccc1Cl. The number of carbonyl (C=O) groups is 2. The molecular weight excluding hydrogens is 397 g/mol. The van der Waals surface area contributed by atoms with E-state index in [0.717, 1.165) is 0 Å². The maximum Gasteiger partial charge on any atom is 0.255 e. The van der Waals surface area contributed by atoms with E-state index in [9.17, 15) is 9.59 Å². The Morgan fingerprint density at radius 2 is 1.54 bits per heavy atom. The van der Waals surface area contributed by atoms with Crippen LogP contribution in [0.5, 0.6) is 0 Å². The van der Waals surface area contributed by atoms with E-state index in [0.29, 0.717) is 32.7 Å². The number of hydrogen-bond acceptors (Lipinski definition) is 3. The van der Waals surface area contributed by atoms with Gasteiger partial charge in [-0.1, -0.05) is 47.5 Å². The van der Waals surface area contributed by atoms with E-state index in [1.165, 1.54) is 0 Å². The Kier molecular flexibility index (Phi) is 6.53. The van der Waals surface area contributed by atoms with E-state index in [1.54, 1.807) is 66.7 Å². The van der Waals surface area contributed by atoms with Gasteiger partial charge in [-0.2, -0.15) is 0 Å². The van der Waals surface area contributed by atoms with E-state index in [-0.39, 0.29) is 18.4 Å². The first kappa shape index (κ1) is 19.7. The molecule has 3 aromatic rings. The topological polar surface area (TPSA) is 70.2 Å². The highest BCUT2D eigenvalue weighted by Gasteiger charge is 2.08. The Balaban J connectivity index is 1.58. The summed E-state index contributed by atoms with van der Waals surface area (Å²) >= 11 is 12.0. The monoisotopic (exact) mass is 413 g/mol. The van der Waals surface area contributed by atoms with E-state index in [1.807, 2.05) is 6.07 Å². The summed E-state index contributed by atoms with van der Waals surface area (Å²) in [6.07, 6.45) is 0. The van der Waals surface area contributed by atoms with Crippen molar-refractivity contribution in [2.24, 2.45) is 0 Å². The molecule has 3 rings (SSSR count). The van der Waals surface area contributed by atoms with Gasteiger partial charge in [-0.3, -0.25) is 9.59 Å². The average molecular weight is 414 g/mol. The molecular formula is C21H17Cl2N3O2. The van der Waals surface area contributed by atoms with Gasteiger partial charge in [0.1, 0.15) is 0 Å². The highest BCUT2D eigenvalue weighted by molar-refractivity contribution is 6.35. The first-order valence-corrected chi connectivity index (χ1v) is 9.22. The van der Waals surface area contributed by atoms with Gasteiger partial charge >= 0.3 is 0 Å². The van der Waals surface area contributed by atoms with E-state index < -0.39 is 0 Å². The standard InChI is InChI=1S/C21H17Cl2N3O2/c22-15-9-10-18(23)19(11-15)26-20(27)13-24-16-7-4-8-17(12-16)25-21(28)14-5-2-1-3-6-14/h1-12,24H,13H2,(H,25,28)(H,26,27). The second-order valence-electron chi connectivity index (χ2n) is 5.93. The predicted molar refractivity (Wildman–Crippen MR) is 114 cm³/mol. The lowest BCUT2D eigenvalue weighted by atomic mass is 10.2. The van der Waals surface area contributed by atoms with Crippen LogP contribution < -0.4 is 16.0 Å². The molecule has 5 nitrogen and oxygen atoms in total. The fourth-order valence-corrected chi connectivity index (χ4v) is 2.81. The summed E-state index contributed by atoms with van der Waals surface area (Å²) in [5, 5.41) is 9.43. The van der Waals surface area contributed by atoms with Gasteiger partial charge in [0.25, 0.3) is 5.91 Å². The van der Waals surface area contributed by atoms with Crippen molar-refractivity contribution in [3.63, 3.8) is 0 Å². The number of anilines is 3. The van der Waals surface area contributed by atoms with E-state index >= 15 is 0 Å². The fraction of sp³-hybridized carbons (Fsp3) is 0.0476. The van der Waals surface area contributed by atoms with Crippen LogP contribution in [0.3, 0.4) is 0 Å². The number of benzene rings is 3. The fourth-order valence-electron chi connectivity index (χ4n) is 2.47. The smallest absolute Gasteiger partial charge is 0.255 e. The molecule has 0 radical (unpaired) electrons. The molecule has 0 aliphatic carbocycles. The summed E-state index contributed by atoms with van der Waals surface area (Å²) < 4.78 is 0. The Hall–Kier alpha value is -3.02. The zero-order chi connectivity index (χ0) is 19.9. The largest absolute Gasteiger partial charge is 0.376 e. The van der Waals surface area contributed by atoms with Crippen LogP contribution in [0.1, 0.15) is 10.4 Å². The first-order chi connectivity index (χ1) is 13.5. The summed E-state index contributed by atoms with van der Waals surface area (Å²) in [6.45, 7) is 0.0267. The van der Waals surface area contributed by atoms with Crippen molar-refractivity contribution in [2.45, 2.75) is 0 Å². The van der Waals surface area contributed by atoms with E-state index in [2.05, 4.69) is 16.0 Å². The van der Waals surface area contributed by atoms with Crippen molar-refractivity contribution >= 4 is 52.1 Å². The molecule has 3 aromatic carbocycles. The molecule has 0 spiro atoms. The minimum absolute atomic E-state index is 0.0267. The van der Waals surface area contributed by atoms with Crippen molar-refractivity contribution in [1.29, 1.82) is 0 Å². The van der Waals surface area contributed by atoms with Crippen molar-refractivity contribution in [1.82, 2.24) is 0 Å². The molecule has 0 atom stereocenters. The second-order valence-corrected chi connectivity index (χ2v) is 6.77. The predicted octanol–water partition coefficient (Wildman–Crippen LogP) is 5.30. The highest BCUT2D eigenvalue weighted by atomic mass is 35.5. The number of carbonyl (C=O) groups excluding carboxylic acids is 2. The molecule has 28 heavy (non-hydrogen) atoms. The number of nitrogens with one attached hydrogen (secondary N) is 3. The van der Waals surface area contributed by atoms with Gasteiger partial charge in [0.15, 0.2) is 0 Å². The maximum absolute atomic E-state index is 12.2. The Labute approximate surface area is 172 Å². The van der Waals surface area contributed by atoms with Gasteiger partial charge in [0, 0.05) is 22.0 Å². The van der Waals surface area contributed by atoms with Gasteiger partial charge in [0.05, 0.1) is 17.3 Å². The van der Waals surface area contributed by atoms with Crippen LogP contribution in [0.25, 0.3) is 0 Å². The van der Waals surface area contributed by atoms with Crippen molar-refractivity contribution in [3.05, 3.63) is 88.4 Å². The molecule has 0 bridgehead atoms. The molecule has 0 aromatic heterocycles. The third kappa shape index (κ3) is 5.49. The molecule has 7 heteroatoms. The van der Waals surface area contributed by atoms with Gasteiger partial charge in [0.2, 0.25) is 5.91 Å². The lowest BCUT2D eigenvalue weighted by Crippen LogP contribution is -2.22. The number of rotatable bonds is 6. The third-order valence-corrected chi connectivity index (χ3v) is 4.38. The Morgan fingerprint density at radius 1 is 0.786 bits per heavy atom. The summed E-state index contributed by atoms with van der Waals surface area (Å²) in [5.41, 5.74) is 2.33. The molecule has 0 unspecified atom stereocenters. The second kappa shape index (κ2) is 9.26. The Morgan fingerprint density at radius 3 is 2.32 bits per heavy atom. The summed E-state index contributed by atoms with van der Waals surface area (Å²) in [4.78, 5) is 24.4. The summed E-state index contributed by atoms with van der Waals surface area (Å²) in [7, 11) is 0. The highest BCUT2D eigenvalue weighted by Crippen LogP contribution is 2.25. The molecule has 0 aliphatic rings. The lowest BCUT2D eigenvalue weighted by Gasteiger charge is -2.11. The van der Waals surface area contributed by atoms with Crippen LogP contribution >= 0.6 is 23.2 Å². The van der Waals surface area contributed by atoms with Gasteiger partial charge < -0.3 is 16.0 Å². The molecule has 3 N–H and O–H groups in total. The lowest BCUT2D eigenvalue weighted by molar-refractivity contribution is -0.114. The molecule has 0 fully saturated rings. The molecule has 0 aliphatic heterocycles. The normalized spacial score (nSPS) is 10.2. The number of halogens is 2. The maximum atomic E-state index is 12.2. The van der Waals surface area contributed by atoms with Gasteiger partial charge in [-0.05, 0) is 48.5 Å². The van der Waals surface area contributed by atoms with Gasteiger partial charge in [-0.15, -0.1) is 0 Å². The minimum Gasteiger partial charge on any atom is -0.376 e. The van der Waals surface area contributed by atoms with Crippen LogP contribution in [0, 0.1) is 0 Å². The first-order valence-electron chi connectivity index (χ1n) is 8.46. The van der Waals surface area contributed by atoms with Crippen LogP contribution in [0.2, 0.25) is 10.0 Å². The van der Waals surface area contributed by atoms with Crippen LogP contribution in [-0.2, 0) is 4.79 Å². The van der Waals surface area contributed by atoms with Crippen LogP contribution in [0.15, 0.2) is 72.8 Å². The molecule has 0 saturated heterocycles. The molecule has 0 heterocycles.